The Morgan fingerprint density at radius 1 is 1.00 bits per heavy atom. The van der Waals surface area contributed by atoms with Crippen LogP contribution >= 0.6 is 0 Å². The van der Waals surface area contributed by atoms with E-state index in [0.717, 1.165) is 32.0 Å². The van der Waals surface area contributed by atoms with Crippen molar-refractivity contribution in [2.45, 2.75) is 0 Å². The smallest absolute Gasteiger partial charge is 0.146 e. The molecule has 1 aliphatic heterocycles. The van der Waals surface area contributed by atoms with E-state index >= 15 is 0 Å². The second kappa shape index (κ2) is 5.36. The van der Waals surface area contributed by atoms with Crippen molar-refractivity contribution in [1.29, 1.82) is 0 Å². The Morgan fingerprint density at radius 2 is 1.75 bits per heavy atom. The number of halogens is 1. The highest BCUT2D eigenvalue weighted by Crippen LogP contribution is 2.24. The van der Waals surface area contributed by atoms with E-state index in [1.165, 1.54) is 6.07 Å². The Kier molecular flexibility index (Phi) is 3.41. The minimum atomic E-state index is -0.217. The third-order valence-corrected chi connectivity index (χ3v) is 3.56. The van der Waals surface area contributed by atoms with Crippen LogP contribution in [-0.2, 0) is 0 Å². The summed E-state index contributed by atoms with van der Waals surface area (Å²) in [5, 5.41) is 0. The van der Waals surface area contributed by atoms with Crippen molar-refractivity contribution in [2.24, 2.45) is 0 Å². The molecule has 1 aromatic carbocycles. The Bertz CT molecular complexity index is 580. The van der Waals surface area contributed by atoms with Crippen molar-refractivity contribution >= 4 is 17.2 Å². The molecule has 104 valence electrons. The molecule has 20 heavy (non-hydrogen) atoms. The van der Waals surface area contributed by atoms with E-state index in [-0.39, 0.29) is 5.82 Å². The van der Waals surface area contributed by atoms with Gasteiger partial charge in [-0.15, -0.1) is 0 Å². The van der Waals surface area contributed by atoms with E-state index in [1.54, 1.807) is 18.3 Å². The number of aromatic nitrogens is 1. The van der Waals surface area contributed by atoms with Crippen LogP contribution in [0.25, 0.3) is 0 Å². The van der Waals surface area contributed by atoms with Gasteiger partial charge in [0, 0.05) is 38.1 Å². The molecule has 1 aliphatic rings. The second-order valence-corrected chi connectivity index (χ2v) is 4.87. The lowest BCUT2D eigenvalue weighted by molar-refractivity contribution is 0.596. The minimum absolute atomic E-state index is 0.217. The van der Waals surface area contributed by atoms with Crippen LogP contribution in [0.5, 0.6) is 0 Å². The summed E-state index contributed by atoms with van der Waals surface area (Å²) in [6, 6.07) is 10.6. The Balaban J connectivity index is 1.71. The molecule has 2 heterocycles. The number of nitrogen functional groups attached to an aromatic ring is 1. The molecule has 0 saturated carbocycles. The van der Waals surface area contributed by atoms with E-state index in [0.29, 0.717) is 11.4 Å². The molecular formula is C15H17FN4. The summed E-state index contributed by atoms with van der Waals surface area (Å²) in [5.74, 6) is 0.755. The zero-order valence-electron chi connectivity index (χ0n) is 11.2. The van der Waals surface area contributed by atoms with Gasteiger partial charge in [-0.25, -0.2) is 9.37 Å². The van der Waals surface area contributed by atoms with Crippen molar-refractivity contribution in [3.05, 3.63) is 48.4 Å². The highest BCUT2D eigenvalue weighted by atomic mass is 19.1. The van der Waals surface area contributed by atoms with Gasteiger partial charge in [-0.1, -0.05) is 6.07 Å². The summed E-state index contributed by atoms with van der Waals surface area (Å²) >= 11 is 0. The Labute approximate surface area is 117 Å². The van der Waals surface area contributed by atoms with Gasteiger partial charge < -0.3 is 15.5 Å². The maximum Gasteiger partial charge on any atom is 0.146 e. The molecule has 1 saturated heterocycles. The van der Waals surface area contributed by atoms with Crippen LogP contribution in [0.4, 0.5) is 21.6 Å². The molecule has 2 N–H and O–H groups in total. The van der Waals surface area contributed by atoms with Crippen LogP contribution in [0.2, 0.25) is 0 Å². The van der Waals surface area contributed by atoms with Gasteiger partial charge in [0.05, 0.1) is 5.69 Å². The fourth-order valence-corrected chi connectivity index (χ4v) is 2.49. The van der Waals surface area contributed by atoms with E-state index in [4.69, 9.17) is 5.73 Å². The molecule has 4 nitrogen and oxygen atoms in total. The molecular weight excluding hydrogens is 255 g/mol. The first-order valence-corrected chi connectivity index (χ1v) is 6.70. The standard InChI is InChI=1S/C15H17FN4/c16-13-5-4-12(17)11-14(13)19-7-9-20(10-8-19)15-3-1-2-6-18-15/h1-6,11H,7-10,17H2. The first-order valence-electron chi connectivity index (χ1n) is 6.70. The maximum absolute atomic E-state index is 13.9. The fraction of sp³-hybridized carbons (Fsp3) is 0.267. The van der Waals surface area contributed by atoms with Crippen molar-refractivity contribution in [2.75, 3.05) is 41.7 Å². The molecule has 1 aromatic heterocycles. The minimum Gasteiger partial charge on any atom is -0.399 e. The molecule has 0 amide bonds. The molecule has 0 unspecified atom stereocenters. The van der Waals surface area contributed by atoms with Gasteiger partial charge in [0.15, 0.2) is 0 Å². The summed E-state index contributed by atoms with van der Waals surface area (Å²) in [5.41, 5.74) is 6.92. The van der Waals surface area contributed by atoms with E-state index < -0.39 is 0 Å². The lowest BCUT2D eigenvalue weighted by atomic mass is 10.2. The van der Waals surface area contributed by atoms with E-state index in [9.17, 15) is 4.39 Å². The highest BCUT2D eigenvalue weighted by molar-refractivity contribution is 5.58. The van der Waals surface area contributed by atoms with Gasteiger partial charge in [-0.05, 0) is 30.3 Å². The number of piperazine rings is 1. The van der Waals surface area contributed by atoms with Crippen molar-refractivity contribution in [3.8, 4) is 0 Å². The average Bonchev–Trinajstić information content (AvgIpc) is 2.51. The third kappa shape index (κ3) is 2.52. The van der Waals surface area contributed by atoms with Crippen LogP contribution in [0.1, 0.15) is 0 Å². The van der Waals surface area contributed by atoms with Gasteiger partial charge in [0.2, 0.25) is 0 Å². The molecule has 0 spiro atoms. The van der Waals surface area contributed by atoms with Gasteiger partial charge in [0.25, 0.3) is 0 Å². The van der Waals surface area contributed by atoms with Crippen LogP contribution in [-0.4, -0.2) is 31.2 Å². The van der Waals surface area contributed by atoms with Crippen LogP contribution < -0.4 is 15.5 Å². The third-order valence-electron chi connectivity index (χ3n) is 3.56. The molecule has 3 rings (SSSR count). The zero-order chi connectivity index (χ0) is 13.9. The largest absolute Gasteiger partial charge is 0.399 e. The molecule has 2 aromatic rings. The highest BCUT2D eigenvalue weighted by Gasteiger charge is 2.20. The van der Waals surface area contributed by atoms with Gasteiger partial charge >= 0.3 is 0 Å². The first-order chi connectivity index (χ1) is 9.74. The lowest BCUT2D eigenvalue weighted by Gasteiger charge is -2.36. The number of nitrogens with two attached hydrogens (primary N) is 1. The SMILES string of the molecule is Nc1ccc(F)c(N2CCN(c3ccccn3)CC2)c1. The number of benzene rings is 1. The Morgan fingerprint density at radius 3 is 2.45 bits per heavy atom. The fourth-order valence-electron chi connectivity index (χ4n) is 2.49. The van der Waals surface area contributed by atoms with Crippen molar-refractivity contribution < 1.29 is 4.39 Å². The Hall–Kier alpha value is -2.30. The quantitative estimate of drug-likeness (QED) is 0.851. The molecule has 0 bridgehead atoms. The molecule has 0 radical (unpaired) electrons. The number of nitrogens with zero attached hydrogens (tertiary/aromatic N) is 3. The summed E-state index contributed by atoms with van der Waals surface area (Å²) in [6.07, 6.45) is 1.79. The number of pyridine rings is 1. The van der Waals surface area contributed by atoms with E-state index in [2.05, 4.69) is 9.88 Å². The summed E-state index contributed by atoms with van der Waals surface area (Å²) in [6.45, 7) is 3.17. The molecule has 0 atom stereocenters. The van der Waals surface area contributed by atoms with Crippen molar-refractivity contribution in [3.63, 3.8) is 0 Å². The molecule has 1 fully saturated rings. The lowest BCUT2D eigenvalue weighted by Crippen LogP contribution is -2.47. The number of rotatable bonds is 2. The maximum atomic E-state index is 13.9. The van der Waals surface area contributed by atoms with Crippen LogP contribution in [0, 0.1) is 5.82 Å². The normalized spacial score (nSPS) is 15.4. The second-order valence-electron chi connectivity index (χ2n) is 4.87. The number of anilines is 3. The van der Waals surface area contributed by atoms with Crippen LogP contribution in [0.15, 0.2) is 42.6 Å². The first kappa shape index (κ1) is 12.7. The summed E-state index contributed by atoms with van der Waals surface area (Å²) in [7, 11) is 0. The van der Waals surface area contributed by atoms with E-state index in [1.807, 2.05) is 23.1 Å². The van der Waals surface area contributed by atoms with Crippen molar-refractivity contribution in [1.82, 2.24) is 4.98 Å². The number of hydrogen-bond acceptors (Lipinski definition) is 4. The van der Waals surface area contributed by atoms with Gasteiger partial charge in [-0.2, -0.15) is 0 Å². The summed E-state index contributed by atoms with van der Waals surface area (Å²) < 4.78 is 13.9. The predicted octanol–water partition coefficient (Wildman–Crippen LogP) is 2.13. The summed E-state index contributed by atoms with van der Waals surface area (Å²) in [4.78, 5) is 8.59. The van der Waals surface area contributed by atoms with Gasteiger partial charge in [-0.3, -0.25) is 0 Å². The average molecular weight is 272 g/mol. The number of hydrogen-bond donors (Lipinski definition) is 1. The van der Waals surface area contributed by atoms with Crippen LogP contribution in [0.3, 0.4) is 0 Å². The predicted molar refractivity (Wildman–Crippen MR) is 79.5 cm³/mol. The van der Waals surface area contributed by atoms with Gasteiger partial charge in [0.1, 0.15) is 11.6 Å². The molecule has 0 aliphatic carbocycles. The molecule has 5 heteroatoms. The topological polar surface area (TPSA) is 45.4 Å². The monoisotopic (exact) mass is 272 g/mol. The zero-order valence-corrected chi connectivity index (χ0v) is 11.2.